The van der Waals surface area contributed by atoms with E-state index >= 15 is 0 Å². The number of carbonyl (C=O) groups is 1. The Morgan fingerprint density at radius 1 is 1.17 bits per heavy atom. The number of fused-ring (bicyclic) bond motifs is 1. The molecule has 0 aliphatic carbocycles. The molecule has 1 heterocycles. The highest BCUT2D eigenvalue weighted by atomic mass is 19.1. The van der Waals surface area contributed by atoms with Gasteiger partial charge in [-0.3, -0.25) is 9.78 Å². The number of hydrogen-bond acceptors (Lipinski definition) is 3. The maximum Gasteiger partial charge on any atom is 0.221 e. The molecule has 0 bridgehead atoms. The molecule has 6 heteroatoms. The first-order valence-corrected chi connectivity index (χ1v) is 7.37. The van der Waals surface area contributed by atoms with Gasteiger partial charge in [-0.1, -0.05) is 6.07 Å². The van der Waals surface area contributed by atoms with Crippen LogP contribution in [0.25, 0.3) is 10.9 Å². The third-order valence-corrected chi connectivity index (χ3v) is 3.51. The van der Waals surface area contributed by atoms with Crippen LogP contribution in [0.1, 0.15) is 12.5 Å². The standard InChI is InChI=1S/C18H15F2N3O/c1-11(24)23-17-9-15(4-5-16(17)20)22-10-13-8-14(19)7-12-3-2-6-21-18(12)13/h2-9,22H,10H2,1H3,(H,23,24). The molecule has 0 aliphatic rings. The van der Waals surface area contributed by atoms with Gasteiger partial charge in [0.1, 0.15) is 11.6 Å². The Kier molecular flexibility index (Phi) is 4.37. The van der Waals surface area contributed by atoms with Gasteiger partial charge in [0.2, 0.25) is 5.91 Å². The van der Waals surface area contributed by atoms with Crippen molar-refractivity contribution in [1.29, 1.82) is 0 Å². The monoisotopic (exact) mass is 327 g/mol. The molecule has 3 aromatic rings. The van der Waals surface area contributed by atoms with Crippen LogP contribution in [0.3, 0.4) is 0 Å². The topological polar surface area (TPSA) is 54.0 Å². The van der Waals surface area contributed by atoms with Gasteiger partial charge in [0, 0.05) is 36.3 Å². The van der Waals surface area contributed by atoms with Gasteiger partial charge in [0.15, 0.2) is 0 Å². The average Bonchev–Trinajstić information content (AvgIpc) is 2.54. The number of carbonyl (C=O) groups excluding carboxylic acids is 1. The zero-order valence-corrected chi connectivity index (χ0v) is 12.9. The minimum atomic E-state index is -0.520. The highest BCUT2D eigenvalue weighted by Gasteiger charge is 2.08. The van der Waals surface area contributed by atoms with E-state index in [0.717, 1.165) is 0 Å². The Morgan fingerprint density at radius 2 is 2.00 bits per heavy atom. The molecule has 122 valence electrons. The fourth-order valence-electron chi connectivity index (χ4n) is 2.48. The quantitative estimate of drug-likeness (QED) is 0.759. The van der Waals surface area contributed by atoms with Crippen LogP contribution >= 0.6 is 0 Å². The summed E-state index contributed by atoms with van der Waals surface area (Å²) in [6.07, 6.45) is 1.65. The van der Waals surface area contributed by atoms with Crippen LogP contribution in [0, 0.1) is 11.6 Å². The van der Waals surface area contributed by atoms with Crippen molar-refractivity contribution in [3.05, 3.63) is 65.9 Å². The van der Waals surface area contributed by atoms with Gasteiger partial charge in [0.25, 0.3) is 0 Å². The third-order valence-electron chi connectivity index (χ3n) is 3.51. The van der Waals surface area contributed by atoms with E-state index in [1.807, 2.05) is 0 Å². The van der Waals surface area contributed by atoms with Crippen molar-refractivity contribution in [2.75, 3.05) is 10.6 Å². The maximum absolute atomic E-state index is 13.7. The Labute approximate surface area is 137 Å². The number of aromatic nitrogens is 1. The van der Waals surface area contributed by atoms with Crippen molar-refractivity contribution in [1.82, 2.24) is 4.98 Å². The predicted octanol–water partition coefficient (Wildman–Crippen LogP) is 4.08. The van der Waals surface area contributed by atoms with Crippen molar-refractivity contribution in [2.24, 2.45) is 0 Å². The number of nitrogens with zero attached hydrogens (tertiary/aromatic N) is 1. The Hall–Kier alpha value is -3.02. The minimum absolute atomic E-state index is 0.0923. The van der Waals surface area contributed by atoms with Gasteiger partial charge in [-0.2, -0.15) is 0 Å². The Balaban J connectivity index is 1.85. The number of hydrogen-bond donors (Lipinski definition) is 2. The second-order valence-corrected chi connectivity index (χ2v) is 5.37. The van der Waals surface area contributed by atoms with Crippen molar-refractivity contribution < 1.29 is 13.6 Å². The highest BCUT2D eigenvalue weighted by Crippen LogP contribution is 2.22. The summed E-state index contributed by atoms with van der Waals surface area (Å²) in [6, 6.07) is 10.7. The number of anilines is 2. The molecule has 2 aromatic carbocycles. The minimum Gasteiger partial charge on any atom is -0.381 e. The van der Waals surface area contributed by atoms with Crippen LogP contribution in [0.4, 0.5) is 20.2 Å². The lowest BCUT2D eigenvalue weighted by Crippen LogP contribution is -2.08. The van der Waals surface area contributed by atoms with Crippen molar-refractivity contribution >= 4 is 28.2 Å². The first kappa shape index (κ1) is 15.9. The second kappa shape index (κ2) is 6.62. The summed E-state index contributed by atoms with van der Waals surface area (Å²) < 4.78 is 27.4. The fourth-order valence-corrected chi connectivity index (χ4v) is 2.48. The second-order valence-electron chi connectivity index (χ2n) is 5.37. The molecular weight excluding hydrogens is 312 g/mol. The van der Waals surface area contributed by atoms with Crippen LogP contribution in [-0.2, 0) is 11.3 Å². The van der Waals surface area contributed by atoms with Crippen molar-refractivity contribution in [2.45, 2.75) is 13.5 Å². The fraction of sp³-hybridized carbons (Fsp3) is 0.111. The third kappa shape index (κ3) is 3.48. The zero-order valence-electron chi connectivity index (χ0n) is 12.9. The number of halogens is 2. The molecule has 0 atom stereocenters. The van der Waals surface area contributed by atoms with E-state index in [0.29, 0.717) is 28.7 Å². The molecule has 3 rings (SSSR count). The molecule has 0 spiro atoms. The smallest absolute Gasteiger partial charge is 0.221 e. The number of rotatable bonds is 4. The van der Waals surface area contributed by atoms with E-state index in [1.165, 1.54) is 31.2 Å². The highest BCUT2D eigenvalue weighted by molar-refractivity contribution is 5.89. The number of pyridine rings is 1. The van der Waals surface area contributed by atoms with Gasteiger partial charge in [-0.25, -0.2) is 8.78 Å². The molecule has 1 aromatic heterocycles. The van der Waals surface area contributed by atoms with E-state index in [9.17, 15) is 13.6 Å². The number of benzene rings is 2. The van der Waals surface area contributed by atoms with E-state index in [-0.39, 0.29) is 17.4 Å². The van der Waals surface area contributed by atoms with Crippen molar-refractivity contribution in [3.8, 4) is 0 Å². The molecular formula is C18H15F2N3O. The summed E-state index contributed by atoms with van der Waals surface area (Å²) in [6.45, 7) is 1.63. The largest absolute Gasteiger partial charge is 0.381 e. The van der Waals surface area contributed by atoms with Crippen LogP contribution in [0.15, 0.2) is 48.7 Å². The van der Waals surface area contributed by atoms with E-state index in [2.05, 4.69) is 15.6 Å². The lowest BCUT2D eigenvalue weighted by molar-refractivity contribution is -0.114. The summed E-state index contributed by atoms with van der Waals surface area (Å²) in [5, 5.41) is 6.24. The first-order chi connectivity index (χ1) is 11.5. The lowest BCUT2D eigenvalue weighted by atomic mass is 10.1. The van der Waals surface area contributed by atoms with Gasteiger partial charge in [0.05, 0.1) is 11.2 Å². The van der Waals surface area contributed by atoms with Crippen LogP contribution < -0.4 is 10.6 Å². The molecule has 4 nitrogen and oxygen atoms in total. The van der Waals surface area contributed by atoms with Gasteiger partial charge >= 0.3 is 0 Å². The van der Waals surface area contributed by atoms with Crippen LogP contribution in [-0.4, -0.2) is 10.9 Å². The van der Waals surface area contributed by atoms with Crippen molar-refractivity contribution in [3.63, 3.8) is 0 Å². The van der Waals surface area contributed by atoms with Crippen LogP contribution in [0.5, 0.6) is 0 Å². The van der Waals surface area contributed by atoms with Gasteiger partial charge in [-0.15, -0.1) is 0 Å². The van der Waals surface area contributed by atoms with Gasteiger partial charge in [-0.05, 0) is 36.4 Å². The van der Waals surface area contributed by atoms with E-state index < -0.39 is 5.82 Å². The number of amides is 1. The molecule has 0 saturated heterocycles. The van der Waals surface area contributed by atoms with Gasteiger partial charge < -0.3 is 10.6 Å². The maximum atomic E-state index is 13.7. The SMILES string of the molecule is CC(=O)Nc1cc(NCc2cc(F)cc3cccnc23)ccc1F. The van der Waals surface area contributed by atoms with E-state index in [4.69, 9.17) is 0 Å². The molecule has 1 amide bonds. The summed E-state index contributed by atoms with van der Waals surface area (Å²) in [5.41, 5.74) is 2.09. The average molecular weight is 327 g/mol. The molecule has 0 saturated carbocycles. The zero-order chi connectivity index (χ0) is 17.1. The Morgan fingerprint density at radius 3 is 2.79 bits per heavy atom. The number of nitrogens with one attached hydrogen (secondary N) is 2. The summed E-state index contributed by atoms with van der Waals surface area (Å²) in [7, 11) is 0. The normalized spacial score (nSPS) is 10.6. The molecule has 0 fully saturated rings. The summed E-state index contributed by atoms with van der Waals surface area (Å²) in [5.74, 6) is -1.22. The Bertz CT molecular complexity index is 912. The molecule has 0 radical (unpaired) electrons. The predicted molar refractivity (Wildman–Crippen MR) is 89.7 cm³/mol. The molecule has 0 aliphatic heterocycles. The van der Waals surface area contributed by atoms with E-state index in [1.54, 1.807) is 24.4 Å². The molecule has 2 N–H and O–H groups in total. The summed E-state index contributed by atoms with van der Waals surface area (Å²) >= 11 is 0. The first-order valence-electron chi connectivity index (χ1n) is 7.37. The molecule has 0 unspecified atom stereocenters. The summed E-state index contributed by atoms with van der Waals surface area (Å²) in [4.78, 5) is 15.4. The van der Waals surface area contributed by atoms with Crippen LogP contribution in [0.2, 0.25) is 0 Å². The molecule has 24 heavy (non-hydrogen) atoms. The lowest BCUT2D eigenvalue weighted by Gasteiger charge is -2.11.